The van der Waals surface area contributed by atoms with Crippen LogP contribution in [0.3, 0.4) is 0 Å². The van der Waals surface area contributed by atoms with Gasteiger partial charge in [-0.25, -0.2) is 0 Å². The minimum absolute atomic E-state index is 0.0238. The van der Waals surface area contributed by atoms with E-state index in [1.807, 2.05) is 28.9 Å². The summed E-state index contributed by atoms with van der Waals surface area (Å²) in [4.78, 5) is 14.3. The first-order valence-corrected chi connectivity index (χ1v) is 7.39. The van der Waals surface area contributed by atoms with Gasteiger partial charge in [0.1, 0.15) is 0 Å². The molecule has 0 radical (unpaired) electrons. The summed E-state index contributed by atoms with van der Waals surface area (Å²) in [6.45, 7) is 10.4. The van der Waals surface area contributed by atoms with Crippen LogP contribution in [-0.4, -0.2) is 45.3 Å². The highest BCUT2D eigenvalue weighted by Gasteiger charge is 2.29. The fourth-order valence-electron chi connectivity index (χ4n) is 2.58. The summed E-state index contributed by atoms with van der Waals surface area (Å²) in [7, 11) is 0. The van der Waals surface area contributed by atoms with E-state index in [-0.39, 0.29) is 17.5 Å². The van der Waals surface area contributed by atoms with Crippen LogP contribution in [0.5, 0.6) is 0 Å². The lowest BCUT2D eigenvalue weighted by atomic mass is 10.1. The quantitative estimate of drug-likeness (QED) is 0.909. The maximum atomic E-state index is 12.3. The zero-order chi connectivity index (χ0) is 14.8. The fraction of sp³-hybridized carbons (Fsp3) is 0.733. The summed E-state index contributed by atoms with van der Waals surface area (Å²) in [6, 6.07) is 0.281. The third-order valence-electron chi connectivity index (χ3n) is 3.63. The Morgan fingerprint density at radius 1 is 1.50 bits per heavy atom. The highest BCUT2D eigenvalue weighted by Crippen LogP contribution is 2.19. The normalized spacial score (nSPS) is 19.6. The Hall–Kier alpha value is -1.36. The average molecular weight is 278 g/mol. The van der Waals surface area contributed by atoms with Gasteiger partial charge in [0.25, 0.3) is 0 Å². The zero-order valence-electron chi connectivity index (χ0n) is 13.0. The van der Waals surface area contributed by atoms with Gasteiger partial charge in [-0.3, -0.25) is 9.48 Å². The Bertz CT molecular complexity index is 461. The molecular weight excluding hydrogens is 252 g/mol. The monoisotopic (exact) mass is 278 g/mol. The van der Waals surface area contributed by atoms with Gasteiger partial charge in [-0.15, -0.1) is 0 Å². The molecule has 0 saturated carbocycles. The zero-order valence-corrected chi connectivity index (χ0v) is 13.0. The van der Waals surface area contributed by atoms with Crippen LogP contribution in [0.2, 0.25) is 0 Å². The Morgan fingerprint density at radius 2 is 2.25 bits per heavy atom. The van der Waals surface area contributed by atoms with Gasteiger partial charge in [-0.1, -0.05) is 0 Å². The lowest BCUT2D eigenvalue weighted by molar-refractivity contribution is -0.131. The lowest BCUT2D eigenvalue weighted by Gasteiger charge is -2.27. The molecular formula is C15H26N4O. The molecule has 5 nitrogen and oxygen atoms in total. The highest BCUT2D eigenvalue weighted by molar-refractivity contribution is 5.79. The van der Waals surface area contributed by atoms with Crippen LogP contribution >= 0.6 is 0 Å². The molecule has 112 valence electrons. The summed E-state index contributed by atoms with van der Waals surface area (Å²) in [5.41, 5.74) is 1.14. The molecule has 0 spiro atoms. The van der Waals surface area contributed by atoms with Crippen molar-refractivity contribution in [1.29, 1.82) is 0 Å². The topological polar surface area (TPSA) is 50.2 Å². The Balaban J connectivity index is 1.91. The molecule has 1 amide bonds. The minimum Gasteiger partial charge on any atom is -0.337 e. The van der Waals surface area contributed by atoms with Gasteiger partial charge in [0, 0.05) is 18.3 Å². The van der Waals surface area contributed by atoms with Gasteiger partial charge in [0.05, 0.1) is 25.3 Å². The second kappa shape index (κ2) is 5.95. The average Bonchev–Trinajstić information content (AvgIpc) is 2.95. The van der Waals surface area contributed by atoms with Crippen molar-refractivity contribution >= 4 is 5.91 Å². The van der Waals surface area contributed by atoms with Crippen molar-refractivity contribution in [3.8, 4) is 0 Å². The molecule has 1 N–H and O–H groups in total. The van der Waals surface area contributed by atoms with E-state index in [0.717, 1.165) is 31.5 Å². The highest BCUT2D eigenvalue weighted by atomic mass is 16.2. The van der Waals surface area contributed by atoms with E-state index in [0.29, 0.717) is 6.54 Å². The first kappa shape index (κ1) is 15.0. The third kappa shape index (κ3) is 4.07. The number of rotatable bonds is 4. The lowest BCUT2D eigenvalue weighted by Crippen LogP contribution is -2.47. The van der Waals surface area contributed by atoms with Crippen molar-refractivity contribution in [3.63, 3.8) is 0 Å². The third-order valence-corrected chi connectivity index (χ3v) is 3.63. The number of aromatic nitrogens is 2. The van der Waals surface area contributed by atoms with E-state index in [1.54, 1.807) is 0 Å². The van der Waals surface area contributed by atoms with Gasteiger partial charge < -0.3 is 10.2 Å². The minimum atomic E-state index is -0.0238. The fourth-order valence-corrected chi connectivity index (χ4v) is 2.58. The van der Waals surface area contributed by atoms with Crippen molar-refractivity contribution < 1.29 is 4.79 Å². The van der Waals surface area contributed by atoms with Crippen LogP contribution in [0.15, 0.2) is 12.4 Å². The Morgan fingerprint density at radius 3 is 2.85 bits per heavy atom. The summed E-state index contributed by atoms with van der Waals surface area (Å²) in [6.07, 6.45) is 6.06. The molecule has 0 aliphatic carbocycles. The first-order valence-electron chi connectivity index (χ1n) is 7.39. The predicted molar refractivity (Wildman–Crippen MR) is 79.5 cm³/mol. The summed E-state index contributed by atoms with van der Waals surface area (Å²) >= 11 is 0. The smallest absolute Gasteiger partial charge is 0.236 e. The van der Waals surface area contributed by atoms with Crippen LogP contribution in [-0.2, 0) is 11.3 Å². The maximum absolute atomic E-state index is 12.3. The van der Waals surface area contributed by atoms with Crippen molar-refractivity contribution in [1.82, 2.24) is 20.0 Å². The Labute approximate surface area is 121 Å². The molecule has 2 heterocycles. The molecule has 1 aromatic rings. The van der Waals surface area contributed by atoms with Crippen LogP contribution in [0.1, 0.15) is 39.2 Å². The number of carbonyl (C=O) groups excluding carboxylic acids is 1. The number of amides is 1. The van der Waals surface area contributed by atoms with Crippen molar-refractivity contribution in [3.05, 3.63) is 18.0 Å². The standard InChI is InChI=1S/C15H26N4O/c1-12-8-17-18(10-12)11-13-6-5-7-19(13)14(20)9-16-15(2,3)4/h8,10,13,16H,5-7,9,11H2,1-4H3/t13-/m1/s1. The van der Waals surface area contributed by atoms with Crippen molar-refractivity contribution in [2.24, 2.45) is 0 Å². The van der Waals surface area contributed by atoms with Gasteiger partial charge in [0.15, 0.2) is 0 Å². The van der Waals surface area contributed by atoms with Crippen LogP contribution in [0.25, 0.3) is 0 Å². The van der Waals surface area contributed by atoms with Crippen LogP contribution in [0, 0.1) is 6.92 Å². The van der Waals surface area contributed by atoms with E-state index in [9.17, 15) is 4.79 Å². The molecule has 1 aliphatic heterocycles. The van der Waals surface area contributed by atoms with Crippen molar-refractivity contribution in [2.75, 3.05) is 13.1 Å². The summed E-state index contributed by atoms with van der Waals surface area (Å²) in [5.74, 6) is 0.200. The van der Waals surface area contributed by atoms with Gasteiger partial charge in [0.2, 0.25) is 5.91 Å². The number of aryl methyl sites for hydroxylation is 1. The van der Waals surface area contributed by atoms with Gasteiger partial charge in [-0.05, 0) is 46.1 Å². The number of nitrogens with one attached hydrogen (secondary N) is 1. The van der Waals surface area contributed by atoms with Gasteiger partial charge in [-0.2, -0.15) is 5.10 Å². The molecule has 1 atom stereocenters. The molecule has 5 heteroatoms. The van der Waals surface area contributed by atoms with E-state index in [1.165, 1.54) is 0 Å². The van der Waals surface area contributed by atoms with Crippen LogP contribution < -0.4 is 5.32 Å². The molecule has 2 rings (SSSR count). The summed E-state index contributed by atoms with van der Waals surface area (Å²) < 4.78 is 1.95. The largest absolute Gasteiger partial charge is 0.337 e. The van der Waals surface area contributed by atoms with E-state index < -0.39 is 0 Å². The van der Waals surface area contributed by atoms with E-state index >= 15 is 0 Å². The van der Waals surface area contributed by atoms with E-state index in [2.05, 4.69) is 31.2 Å². The number of hydrogen-bond acceptors (Lipinski definition) is 3. The van der Waals surface area contributed by atoms with Gasteiger partial charge >= 0.3 is 0 Å². The molecule has 1 aliphatic rings. The Kier molecular flexibility index (Phi) is 4.48. The molecule has 0 aromatic carbocycles. The number of nitrogens with zero attached hydrogens (tertiary/aromatic N) is 3. The molecule has 1 saturated heterocycles. The number of likely N-dealkylation sites (tertiary alicyclic amines) is 1. The molecule has 1 aromatic heterocycles. The maximum Gasteiger partial charge on any atom is 0.236 e. The molecule has 0 unspecified atom stereocenters. The second-order valence-electron chi connectivity index (χ2n) is 6.73. The number of hydrogen-bond donors (Lipinski definition) is 1. The summed E-state index contributed by atoms with van der Waals surface area (Å²) in [5, 5.41) is 7.59. The molecule has 0 bridgehead atoms. The van der Waals surface area contributed by atoms with E-state index in [4.69, 9.17) is 0 Å². The van der Waals surface area contributed by atoms with Crippen molar-refractivity contribution in [2.45, 2.75) is 58.7 Å². The van der Waals surface area contributed by atoms with Crippen LogP contribution in [0.4, 0.5) is 0 Å². The predicted octanol–water partition coefficient (Wildman–Crippen LogP) is 1.57. The molecule has 20 heavy (non-hydrogen) atoms. The molecule has 1 fully saturated rings. The SMILES string of the molecule is Cc1cnn(C[C@H]2CCCN2C(=O)CNC(C)(C)C)c1. The number of carbonyl (C=O) groups is 1. The second-order valence-corrected chi connectivity index (χ2v) is 6.73. The first-order chi connectivity index (χ1) is 9.35.